The van der Waals surface area contributed by atoms with E-state index < -0.39 is 10.9 Å². The van der Waals surface area contributed by atoms with Crippen LogP contribution in [0.25, 0.3) is 6.08 Å². The zero-order valence-corrected chi connectivity index (χ0v) is 25.0. The Balaban J connectivity index is 1.40. The van der Waals surface area contributed by atoms with Gasteiger partial charge in [-0.05, 0) is 83.1 Å². The van der Waals surface area contributed by atoms with Gasteiger partial charge in [-0.1, -0.05) is 30.3 Å². The Kier molecular flexibility index (Phi) is 9.44. The number of methoxy groups -OCH3 is 2. The molecule has 1 aliphatic rings. The number of aromatic carboxylic acids is 1. The van der Waals surface area contributed by atoms with E-state index in [-0.39, 0.29) is 30.3 Å². The van der Waals surface area contributed by atoms with Crippen LogP contribution in [0.5, 0.6) is 17.2 Å². The highest BCUT2D eigenvalue weighted by atomic mass is 32.2. The zero-order chi connectivity index (χ0) is 31.9. The first-order valence-electron chi connectivity index (χ1n) is 13.5. The first-order valence-corrected chi connectivity index (χ1v) is 14.4. The van der Waals surface area contributed by atoms with Crippen LogP contribution in [0.3, 0.4) is 0 Å². The molecule has 0 bridgehead atoms. The molecule has 0 spiro atoms. The number of thioether (sulfide) groups is 1. The number of carbonyl (C=O) groups is 2. The van der Waals surface area contributed by atoms with E-state index in [0.29, 0.717) is 44.1 Å². The van der Waals surface area contributed by atoms with Gasteiger partial charge in [0.2, 0.25) is 0 Å². The molecule has 1 fully saturated rings. The molecule has 228 valence electrons. The normalized spacial score (nSPS) is 14.5. The van der Waals surface area contributed by atoms with Gasteiger partial charge in [0.15, 0.2) is 16.7 Å². The number of nitro benzene ring substituents is 1. The van der Waals surface area contributed by atoms with Crippen molar-refractivity contribution < 1.29 is 33.8 Å². The van der Waals surface area contributed by atoms with Crippen molar-refractivity contribution in [1.82, 2.24) is 4.90 Å². The van der Waals surface area contributed by atoms with Crippen molar-refractivity contribution >= 4 is 46.3 Å². The number of nitro groups is 1. The lowest BCUT2D eigenvalue weighted by Crippen LogP contribution is -2.28. The molecule has 11 nitrogen and oxygen atoms in total. The molecule has 1 saturated heterocycles. The number of carboxylic acid groups (broad SMARTS) is 1. The molecule has 1 heterocycles. The fraction of sp³-hybridized carbons (Fsp3) is 0.121. The second kappa shape index (κ2) is 13.8. The largest absolute Gasteiger partial charge is 0.497 e. The van der Waals surface area contributed by atoms with E-state index in [0.717, 1.165) is 5.56 Å². The number of aliphatic imine (C=N–C) groups is 1. The molecule has 1 amide bonds. The summed E-state index contributed by atoms with van der Waals surface area (Å²) < 4.78 is 16.7. The third-order valence-electron chi connectivity index (χ3n) is 6.73. The van der Waals surface area contributed by atoms with Gasteiger partial charge >= 0.3 is 5.97 Å². The van der Waals surface area contributed by atoms with Gasteiger partial charge in [-0.15, -0.1) is 0 Å². The first-order chi connectivity index (χ1) is 21.7. The minimum Gasteiger partial charge on any atom is -0.497 e. The first kappa shape index (κ1) is 30.8. The van der Waals surface area contributed by atoms with Gasteiger partial charge in [-0.3, -0.25) is 19.8 Å². The monoisotopic (exact) mass is 625 g/mol. The predicted octanol–water partition coefficient (Wildman–Crippen LogP) is 6.69. The summed E-state index contributed by atoms with van der Waals surface area (Å²) in [6.07, 6.45) is 1.73. The zero-order valence-electron chi connectivity index (χ0n) is 24.2. The summed E-state index contributed by atoms with van der Waals surface area (Å²) in [6.45, 7) is 0.284. The lowest BCUT2D eigenvalue weighted by Gasteiger charge is -2.16. The second-order valence-electron chi connectivity index (χ2n) is 9.72. The third kappa shape index (κ3) is 7.48. The van der Waals surface area contributed by atoms with Crippen molar-refractivity contribution in [2.75, 3.05) is 14.2 Å². The van der Waals surface area contributed by atoms with Crippen molar-refractivity contribution in [3.8, 4) is 17.2 Å². The van der Waals surface area contributed by atoms with Crippen molar-refractivity contribution in [2.24, 2.45) is 4.99 Å². The number of non-ortho nitro benzene ring substituents is 1. The van der Waals surface area contributed by atoms with Crippen molar-refractivity contribution in [1.29, 1.82) is 0 Å². The maximum Gasteiger partial charge on any atom is 0.335 e. The Hall–Kier alpha value is -5.62. The average molecular weight is 626 g/mol. The number of carbonyl (C=O) groups excluding carboxylic acids is 1. The van der Waals surface area contributed by atoms with Crippen molar-refractivity contribution in [3.05, 3.63) is 128 Å². The number of amidine groups is 1. The molecule has 1 N–H and O–H groups in total. The van der Waals surface area contributed by atoms with Gasteiger partial charge in [0.05, 0.1) is 41.8 Å². The van der Waals surface area contributed by atoms with E-state index in [9.17, 15) is 24.8 Å². The van der Waals surface area contributed by atoms with E-state index in [1.54, 1.807) is 84.8 Å². The minimum atomic E-state index is -1.03. The summed E-state index contributed by atoms with van der Waals surface area (Å²) in [4.78, 5) is 42.3. The maximum atomic E-state index is 13.7. The van der Waals surface area contributed by atoms with Gasteiger partial charge in [-0.25, -0.2) is 9.79 Å². The molecule has 0 atom stereocenters. The molecule has 4 aromatic rings. The fourth-order valence-corrected chi connectivity index (χ4v) is 5.40. The molecule has 4 aromatic carbocycles. The number of nitrogens with zero attached hydrogens (tertiary/aromatic N) is 3. The van der Waals surface area contributed by atoms with Gasteiger partial charge < -0.3 is 19.3 Å². The average Bonchev–Trinajstić information content (AvgIpc) is 3.33. The molecule has 0 saturated carbocycles. The van der Waals surface area contributed by atoms with Gasteiger partial charge in [0, 0.05) is 12.1 Å². The van der Waals surface area contributed by atoms with Crippen LogP contribution in [-0.4, -0.2) is 46.2 Å². The Morgan fingerprint density at radius 2 is 1.71 bits per heavy atom. The molecule has 5 rings (SSSR count). The van der Waals surface area contributed by atoms with Crippen LogP contribution in [0.4, 0.5) is 11.4 Å². The number of hydrogen-bond acceptors (Lipinski definition) is 9. The van der Waals surface area contributed by atoms with Gasteiger partial charge in [-0.2, -0.15) is 0 Å². The van der Waals surface area contributed by atoms with Crippen LogP contribution in [-0.2, 0) is 17.9 Å². The SMILES string of the molecule is COc1ccc(N=C2S/C(=C\c3ccc(OCc4cccc([N+](=O)[O-])c4)c(OC)c3)C(=O)N2Cc2ccc(C(=O)O)cc2)cc1. The fourth-order valence-electron chi connectivity index (χ4n) is 4.40. The van der Waals surface area contributed by atoms with E-state index in [1.807, 2.05) is 0 Å². The smallest absolute Gasteiger partial charge is 0.335 e. The number of hydrogen-bond donors (Lipinski definition) is 1. The molecule has 0 radical (unpaired) electrons. The topological polar surface area (TPSA) is 141 Å². The molecule has 0 aromatic heterocycles. The van der Waals surface area contributed by atoms with Crippen LogP contribution in [0.2, 0.25) is 0 Å². The molecular weight excluding hydrogens is 598 g/mol. The standard InChI is InChI=1S/C33H27N3O8S/c1-42-27-13-11-25(12-14-27)34-33-35(19-21-6-9-24(10-7-21)32(38)39)31(37)30(45-33)18-22-8-15-28(29(17-22)43-2)44-20-23-4-3-5-26(16-23)36(40)41/h3-18H,19-20H2,1-2H3,(H,38,39)/b30-18-,34-33?. The van der Waals surface area contributed by atoms with Gasteiger partial charge in [0.1, 0.15) is 12.4 Å². The lowest BCUT2D eigenvalue weighted by molar-refractivity contribution is -0.384. The molecular formula is C33H27N3O8S. The number of rotatable bonds is 11. The van der Waals surface area contributed by atoms with E-state index in [1.165, 1.54) is 43.1 Å². The molecule has 0 unspecified atom stereocenters. The lowest BCUT2D eigenvalue weighted by atomic mass is 10.1. The Morgan fingerprint density at radius 1 is 0.956 bits per heavy atom. The van der Waals surface area contributed by atoms with E-state index in [2.05, 4.69) is 0 Å². The quantitative estimate of drug-likeness (QED) is 0.110. The number of benzene rings is 4. The highest BCUT2D eigenvalue weighted by Crippen LogP contribution is 2.37. The summed E-state index contributed by atoms with van der Waals surface area (Å²) >= 11 is 1.22. The van der Waals surface area contributed by atoms with Crippen LogP contribution in [0.15, 0.2) is 101 Å². The van der Waals surface area contributed by atoms with E-state index in [4.69, 9.17) is 19.2 Å². The van der Waals surface area contributed by atoms with Crippen LogP contribution in [0.1, 0.15) is 27.0 Å². The third-order valence-corrected chi connectivity index (χ3v) is 7.73. The van der Waals surface area contributed by atoms with Crippen LogP contribution in [0, 0.1) is 10.1 Å². The summed E-state index contributed by atoms with van der Waals surface area (Å²) in [7, 11) is 3.07. The molecule has 1 aliphatic heterocycles. The highest BCUT2D eigenvalue weighted by Gasteiger charge is 2.33. The Morgan fingerprint density at radius 3 is 2.38 bits per heavy atom. The number of carboxylic acids is 1. The number of ether oxygens (including phenoxy) is 3. The van der Waals surface area contributed by atoms with E-state index >= 15 is 0 Å². The summed E-state index contributed by atoms with van der Waals surface area (Å²) in [6, 6.07) is 24.9. The molecule has 0 aliphatic carbocycles. The van der Waals surface area contributed by atoms with Gasteiger partial charge in [0.25, 0.3) is 11.6 Å². The summed E-state index contributed by atoms with van der Waals surface area (Å²) in [5.41, 5.74) is 2.81. The van der Waals surface area contributed by atoms with Crippen molar-refractivity contribution in [3.63, 3.8) is 0 Å². The Bertz CT molecular complexity index is 1800. The summed E-state index contributed by atoms with van der Waals surface area (Å²) in [5.74, 6) is 0.241. The van der Waals surface area contributed by atoms with Crippen molar-refractivity contribution in [2.45, 2.75) is 13.2 Å². The maximum absolute atomic E-state index is 13.7. The minimum absolute atomic E-state index is 0.0232. The second-order valence-corrected chi connectivity index (χ2v) is 10.7. The van der Waals surface area contributed by atoms with Crippen LogP contribution < -0.4 is 14.2 Å². The number of amides is 1. The highest BCUT2D eigenvalue weighted by molar-refractivity contribution is 8.18. The predicted molar refractivity (Wildman–Crippen MR) is 170 cm³/mol. The molecule has 12 heteroatoms. The molecule has 45 heavy (non-hydrogen) atoms. The van der Waals surface area contributed by atoms with Crippen LogP contribution >= 0.6 is 11.8 Å². The summed E-state index contributed by atoms with van der Waals surface area (Å²) in [5, 5.41) is 20.8. The Labute approximate surface area is 262 Å².